The number of hydrogen-bond donors (Lipinski definition) is 1. The normalized spacial score (nSPS) is 19.7. The van der Waals surface area contributed by atoms with Crippen molar-refractivity contribution in [3.8, 4) is 5.75 Å². The molecule has 162 valence electrons. The number of nitrogens with one attached hydrogen (secondary N) is 1. The first-order valence-corrected chi connectivity index (χ1v) is 10.4. The van der Waals surface area contributed by atoms with Crippen molar-refractivity contribution in [2.45, 2.75) is 44.7 Å². The fourth-order valence-corrected chi connectivity index (χ4v) is 4.19. The first-order chi connectivity index (χ1) is 13.9. The van der Waals surface area contributed by atoms with E-state index in [-0.39, 0.29) is 11.4 Å². The van der Waals surface area contributed by atoms with Crippen molar-refractivity contribution in [3.63, 3.8) is 0 Å². The Morgan fingerprint density at radius 1 is 1.10 bits per heavy atom. The standard InChI is InChI=1S/C21H30F3N3O2/c1-29-17-6-7-19(18(14-17)21(22,23)24)25-20(28)27-12-8-16(9-13-27)15-26-10-4-2-3-5-11-26/h6-7,14,16H,2-5,8-13,15H2,1H3,(H,25,28). The molecule has 0 bridgehead atoms. The summed E-state index contributed by atoms with van der Waals surface area (Å²) in [6.45, 7) is 4.51. The second-order valence-electron chi connectivity index (χ2n) is 7.98. The molecule has 1 aromatic rings. The van der Waals surface area contributed by atoms with Gasteiger partial charge in [0.15, 0.2) is 0 Å². The predicted octanol–water partition coefficient (Wildman–Crippen LogP) is 4.83. The average Bonchev–Trinajstić information content (AvgIpc) is 2.96. The number of alkyl halides is 3. The first kappa shape index (κ1) is 21.7. The van der Waals surface area contributed by atoms with E-state index in [9.17, 15) is 18.0 Å². The third-order valence-corrected chi connectivity index (χ3v) is 5.89. The molecule has 0 aliphatic carbocycles. The van der Waals surface area contributed by atoms with Gasteiger partial charge < -0.3 is 19.9 Å². The van der Waals surface area contributed by atoms with Crippen LogP contribution in [0.1, 0.15) is 44.1 Å². The van der Waals surface area contributed by atoms with Gasteiger partial charge in [-0.15, -0.1) is 0 Å². The molecule has 8 heteroatoms. The Morgan fingerprint density at radius 2 is 1.76 bits per heavy atom. The number of nitrogens with zero attached hydrogens (tertiary/aromatic N) is 2. The molecule has 2 fully saturated rings. The summed E-state index contributed by atoms with van der Waals surface area (Å²) in [5.41, 5.74) is -1.14. The Balaban J connectivity index is 1.55. The zero-order chi connectivity index (χ0) is 20.9. The van der Waals surface area contributed by atoms with E-state index >= 15 is 0 Å². The molecule has 2 amide bonds. The van der Waals surface area contributed by atoms with Gasteiger partial charge >= 0.3 is 12.2 Å². The van der Waals surface area contributed by atoms with Crippen LogP contribution in [-0.4, -0.2) is 55.7 Å². The number of hydrogen-bond acceptors (Lipinski definition) is 3. The van der Waals surface area contributed by atoms with Crippen molar-refractivity contribution in [2.75, 3.05) is 45.2 Å². The minimum atomic E-state index is -4.57. The van der Waals surface area contributed by atoms with Gasteiger partial charge in [-0.3, -0.25) is 0 Å². The summed E-state index contributed by atoms with van der Waals surface area (Å²) in [5.74, 6) is 0.647. The highest BCUT2D eigenvalue weighted by molar-refractivity contribution is 5.90. The number of carbonyl (C=O) groups excluding carboxylic acids is 1. The number of benzene rings is 1. The van der Waals surface area contributed by atoms with E-state index in [2.05, 4.69) is 10.2 Å². The number of amides is 2. The van der Waals surface area contributed by atoms with Gasteiger partial charge in [0.05, 0.1) is 18.4 Å². The van der Waals surface area contributed by atoms with Crippen LogP contribution in [0.2, 0.25) is 0 Å². The third kappa shape index (κ3) is 6.01. The largest absolute Gasteiger partial charge is 0.497 e. The van der Waals surface area contributed by atoms with Crippen molar-refractivity contribution in [2.24, 2.45) is 5.92 Å². The number of anilines is 1. The lowest BCUT2D eigenvalue weighted by Crippen LogP contribution is -2.43. The van der Waals surface area contributed by atoms with Crippen LogP contribution in [0.5, 0.6) is 5.75 Å². The van der Waals surface area contributed by atoms with Gasteiger partial charge in [0.1, 0.15) is 5.75 Å². The summed E-state index contributed by atoms with van der Waals surface area (Å²) in [7, 11) is 1.31. The van der Waals surface area contributed by atoms with E-state index in [0.29, 0.717) is 19.0 Å². The predicted molar refractivity (Wildman–Crippen MR) is 106 cm³/mol. The summed E-state index contributed by atoms with van der Waals surface area (Å²) in [6.07, 6.45) is 2.32. The Morgan fingerprint density at radius 3 is 2.34 bits per heavy atom. The molecule has 5 nitrogen and oxygen atoms in total. The zero-order valence-electron chi connectivity index (χ0n) is 16.9. The molecule has 0 saturated carbocycles. The maximum atomic E-state index is 13.3. The summed E-state index contributed by atoms with van der Waals surface area (Å²) in [5, 5.41) is 2.44. The fourth-order valence-electron chi connectivity index (χ4n) is 4.19. The number of piperidine rings is 1. The highest BCUT2D eigenvalue weighted by Gasteiger charge is 2.35. The lowest BCUT2D eigenvalue weighted by molar-refractivity contribution is -0.137. The van der Waals surface area contributed by atoms with Crippen molar-refractivity contribution >= 4 is 11.7 Å². The number of urea groups is 1. The van der Waals surface area contributed by atoms with Crippen LogP contribution in [0.3, 0.4) is 0 Å². The van der Waals surface area contributed by atoms with Crippen molar-refractivity contribution in [1.29, 1.82) is 0 Å². The number of ether oxygens (including phenoxy) is 1. The molecule has 2 aliphatic heterocycles. The second-order valence-corrected chi connectivity index (χ2v) is 7.98. The number of methoxy groups -OCH3 is 1. The fraction of sp³-hybridized carbons (Fsp3) is 0.667. The maximum Gasteiger partial charge on any atom is 0.418 e. The molecular formula is C21H30F3N3O2. The smallest absolute Gasteiger partial charge is 0.418 e. The van der Waals surface area contributed by atoms with Crippen LogP contribution in [0.4, 0.5) is 23.7 Å². The molecule has 0 spiro atoms. The molecule has 3 rings (SSSR count). The lowest BCUT2D eigenvalue weighted by Gasteiger charge is -2.34. The molecule has 0 unspecified atom stereocenters. The van der Waals surface area contributed by atoms with E-state index < -0.39 is 17.8 Å². The van der Waals surface area contributed by atoms with Crippen molar-refractivity contribution < 1.29 is 22.7 Å². The van der Waals surface area contributed by atoms with Crippen LogP contribution in [0.15, 0.2) is 18.2 Å². The molecule has 1 aromatic carbocycles. The molecular weight excluding hydrogens is 383 g/mol. The van der Waals surface area contributed by atoms with Gasteiger partial charge in [-0.1, -0.05) is 12.8 Å². The monoisotopic (exact) mass is 413 g/mol. The summed E-state index contributed by atoms with van der Waals surface area (Å²) < 4.78 is 44.9. The minimum Gasteiger partial charge on any atom is -0.497 e. The summed E-state index contributed by atoms with van der Waals surface area (Å²) in [6, 6.07) is 3.08. The Bertz CT molecular complexity index is 680. The van der Waals surface area contributed by atoms with E-state index in [1.165, 1.54) is 44.9 Å². The highest BCUT2D eigenvalue weighted by Crippen LogP contribution is 2.37. The van der Waals surface area contributed by atoms with Crippen LogP contribution >= 0.6 is 0 Å². The van der Waals surface area contributed by atoms with Gasteiger partial charge in [-0.05, 0) is 62.9 Å². The van der Waals surface area contributed by atoms with E-state index in [4.69, 9.17) is 4.74 Å². The molecule has 0 atom stereocenters. The van der Waals surface area contributed by atoms with Crippen molar-refractivity contribution in [3.05, 3.63) is 23.8 Å². The highest BCUT2D eigenvalue weighted by atomic mass is 19.4. The summed E-state index contributed by atoms with van der Waals surface area (Å²) in [4.78, 5) is 16.7. The topological polar surface area (TPSA) is 44.8 Å². The van der Waals surface area contributed by atoms with Crippen LogP contribution in [-0.2, 0) is 6.18 Å². The van der Waals surface area contributed by atoms with E-state index in [1.54, 1.807) is 4.90 Å². The van der Waals surface area contributed by atoms with Gasteiger partial charge in [0.2, 0.25) is 0 Å². The van der Waals surface area contributed by atoms with Gasteiger partial charge in [0.25, 0.3) is 0 Å². The van der Waals surface area contributed by atoms with Crippen LogP contribution in [0.25, 0.3) is 0 Å². The summed E-state index contributed by atoms with van der Waals surface area (Å²) >= 11 is 0. The Labute approximate surface area is 170 Å². The molecule has 29 heavy (non-hydrogen) atoms. The number of likely N-dealkylation sites (tertiary alicyclic amines) is 2. The maximum absolute atomic E-state index is 13.3. The zero-order valence-corrected chi connectivity index (χ0v) is 16.9. The van der Waals surface area contributed by atoms with Crippen LogP contribution in [0, 0.1) is 5.92 Å². The Hall–Kier alpha value is -1.96. The second kappa shape index (κ2) is 9.69. The molecule has 2 saturated heterocycles. The lowest BCUT2D eigenvalue weighted by atomic mass is 9.96. The Kier molecular flexibility index (Phi) is 7.27. The molecule has 2 heterocycles. The van der Waals surface area contributed by atoms with E-state index in [1.807, 2.05) is 0 Å². The quantitative estimate of drug-likeness (QED) is 0.769. The van der Waals surface area contributed by atoms with E-state index in [0.717, 1.165) is 38.5 Å². The first-order valence-electron chi connectivity index (χ1n) is 10.4. The average molecular weight is 413 g/mol. The van der Waals surface area contributed by atoms with Crippen molar-refractivity contribution in [1.82, 2.24) is 9.80 Å². The molecule has 1 N–H and O–H groups in total. The van der Waals surface area contributed by atoms with Gasteiger partial charge in [-0.25, -0.2) is 4.79 Å². The molecule has 0 aromatic heterocycles. The SMILES string of the molecule is COc1ccc(NC(=O)N2CCC(CN3CCCCCC3)CC2)c(C(F)(F)F)c1. The van der Waals surface area contributed by atoms with Crippen LogP contribution < -0.4 is 10.1 Å². The van der Waals surface area contributed by atoms with Gasteiger partial charge in [0, 0.05) is 19.6 Å². The number of halogens is 3. The van der Waals surface area contributed by atoms with Gasteiger partial charge in [-0.2, -0.15) is 13.2 Å². The third-order valence-electron chi connectivity index (χ3n) is 5.89. The number of rotatable bonds is 4. The molecule has 0 radical (unpaired) electrons. The minimum absolute atomic E-state index is 0.102. The molecule has 2 aliphatic rings. The number of carbonyl (C=O) groups is 1.